The molecule has 0 aromatic heterocycles. The minimum absolute atomic E-state index is 0.264. The van der Waals surface area contributed by atoms with Gasteiger partial charge in [-0.05, 0) is 48.9 Å². The Kier molecular flexibility index (Phi) is 5.61. The molecule has 0 heterocycles. The predicted molar refractivity (Wildman–Crippen MR) is 96.1 cm³/mol. The lowest BCUT2D eigenvalue weighted by Crippen LogP contribution is -2.37. The van der Waals surface area contributed by atoms with Crippen LogP contribution in [-0.2, 0) is 14.8 Å². The summed E-state index contributed by atoms with van der Waals surface area (Å²) < 4.78 is 39.1. The summed E-state index contributed by atoms with van der Waals surface area (Å²) in [4.78, 5) is 12.2. The Hall–Kier alpha value is -1.93. The van der Waals surface area contributed by atoms with E-state index in [1.54, 1.807) is 18.2 Å². The molecule has 0 unspecified atom stereocenters. The van der Waals surface area contributed by atoms with Crippen LogP contribution in [0, 0.1) is 12.7 Å². The van der Waals surface area contributed by atoms with E-state index in [0.29, 0.717) is 5.69 Å². The molecular weight excluding hydrogens is 399 g/mol. The number of anilines is 2. The zero-order valence-electron chi connectivity index (χ0n) is 13.1. The third-order valence-corrected chi connectivity index (χ3v) is 5.26. The lowest BCUT2D eigenvalue weighted by atomic mass is 10.2. The van der Waals surface area contributed by atoms with Crippen LogP contribution in [0.15, 0.2) is 46.9 Å². The van der Waals surface area contributed by atoms with E-state index in [1.165, 1.54) is 18.2 Å². The third-order valence-electron chi connectivity index (χ3n) is 3.23. The second kappa shape index (κ2) is 7.31. The number of aryl methyl sites for hydroxylation is 1. The number of carbonyl (C=O) groups excluding carboxylic acids is 1. The van der Waals surface area contributed by atoms with Gasteiger partial charge < -0.3 is 5.32 Å². The van der Waals surface area contributed by atoms with E-state index < -0.39 is 28.3 Å². The van der Waals surface area contributed by atoms with E-state index in [4.69, 9.17) is 0 Å². The van der Waals surface area contributed by atoms with Gasteiger partial charge in [0.15, 0.2) is 0 Å². The Morgan fingerprint density at radius 2 is 1.96 bits per heavy atom. The maximum atomic E-state index is 13.2. The first-order chi connectivity index (χ1) is 11.2. The molecule has 0 atom stereocenters. The first-order valence-corrected chi connectivity index (χ1v) is 9.60. The van der Waals surface area contributed by atoms with Crippen molar-refractivity contribution >= 4 is 43.2 Å². The van der Waals surface area contributed by atoms with Crippen LogP contribution >= 0.6 is 15.9 Å². The van der Waals surface area contributed by atoms with Crippen LogP contribution in [0.3, 0.4) is 0 Å². The van der Waals surface area contributed by atoms with Gasteiger partial charge in [-0.1, -0.05) is 22.0 Å². The van der Waals surface area contributed by atoms with Crippen LogP contribution in [0.5, 0.6) is 0 Å². The molecule has 2 rings (SSSR count). The summed E-state index contributed by atoms with van der Waals surface area (Å²) in [7, 11) is -3.66. The van der Waals surface area contributed by atoms with Crippen LogP contribution in [0.1, 0.15) is 5.56 Å². The molecule has 0 saturated heterocycles. The molecule has 0 aliphatic rings. The van der Waals surface area contributed by atoms with E-state index >= 15 is 0 Å². The molecule has 2 aromatic carbocycles. The van der Waals surface area contributed by atoms with Gasteiger partial charge in [0.25, 0.3) is 0 Å². The summed E-state index contributed by atoms with van der Waals surface area (Å²) >= 11 is 3.35. The molecule has 0 radical (unpaired) electrons. The smallest absolute Gasteiger partial charge is 0.245 e. The lowest BCUT2D eigenvalue weighted by molar-refractivity contribution is -0.114. The van der Waals surface area contributed by atoms with Gasteiger partial charge in [-0.2, -0.15) is 0 Å². The Balaban J connectivity index is 2.23. The van der Waals surface area contributed by atoms with Crippen molar-refractivity contribution in [2.45, 2.75) is 6.92 Å². The summed E-state index contributed by atoms with van der Waals surface area (Å²) in [5.41, 5.74) is 1.49. The molecule has 0 aliphatic carbocycles. The molecule has 1 N–H and O–H groups in total. The number of hydrogen-bond donors (Lipinski definition) is 1. The summed E-state index contributed by atoms with van der Waals surface area (Å²) in [5.74, 6) is -1.05. The fraction of sp³-hybridized carbons (Fsp3) is 0.188. The minimum atomic E-state index is -3.66. The molecule has 8 heteroatoms. The Labute approximate surface area is 148 Å². The second-order valence-electron chi connectivity index (χ2n) is 5.26. The third kappa shape index (κ3) is 4.78. The first-order valence-electron chi connectivity index (χ1n) is 6.96. The molecule has 2 aromatic rings. The second-order valence-corrected chi connectivity index (χ2v) is 8.02. The van der Waals surface area contributed by atoms with E-state index in [0.717, 1.165) is 26.7 Å². The molecule has 0 fully saturated rings. The highest BCUT2D eigenvalue weighted by atomic mass is 79.9. The van der Waals surface area contributed by atoms with Gasteiger partial charge >= 0.3 is 0 Å². The number of hydrogen-bond acceptors (Lipinski definition) is 3. The van der Waals surface area contributed by atoms with Crippen LogP contribution in [0.4, 0.5) is 15.8 Å². The highest BCUT2D eigenvalue weighted by molar-refractivity contribution is 9.10. The zero-order chi connectivity index (χ0) is 17.9. The van der Waals surface area contributed by atoms with E-state index in [1.807, 2.05) is 6.92 Å². The highest BCUT2D eigenvalue weighted by Crippen LogP contribution is 2.24. The first kappa shape index (κ1) is 18.4. The van der Waals surface area contributed by atoms with Crippen molar-refractivity contribution in [2.75, 3.05) is 22.4 Å². The van der Waals surface area contributed by atoms with Gasteiger partial charge in [-0.3, -0.25) is 9.10 Å². The van der Waals surface area contributed by atoms with Crippen molar-refractivity contribution in [1.29, 1.82) is 0 Å². The van der Waals surface area contributed by atoms with E-state index in [2.05, 4.69) is 21.2 Å². The van der Waals surface area contributed by atoms with Crippen molar-refractivity contribution in [3.05, 3.63) is 58.3 Å². The summed E-state index contributed by atoms with van der Waals surface area (Å²) in [6.07, 6.45) is 1.03. The Bertz CT molecular complexity index is 871. The number of nitrogens with one attached hydrogen (secondary N) is 1. The highest BCUT2D eigenvalue weighted by Gasteiger charge is 2.21. The number of amides is 1. The van der Waals surface area contributed by atoms with Crippen molar-refractivity contribution in [3.8, 4) is 0 Å². The average molecular weight is 415 g/mol. The number of benzene rings is 2. The van der Waals surface area contributed by atoms with Gasteiger partial charge in [-0.25, -0.2) is 12.8 Å². The monoisotopic (exact) mass is 414 g/mol. The van der Waals surface area contributed by atoms with Crippen LogP contribution in [0.2, 0.25) is 0 Å². The van der Waals surface area contributed by atoms with Gasteiger partial charge in [-0.15, -0.1) is 0 Å². The number of halogens is 2. The molecule has 0 aliphatic heterocycles. The van der Waals surface area contributed by atoms with Crippen molar-refractivity contribution in [1.82, 2.24) is 0 Å². The van der Waals surface area contributed by atoms with E-state index in [-0.39, 0.29) is 5.69 Å². The fourth-order valence-corrected chi connectivity index (χ4v) is 3.18. The van der Waals surface area contributed by atoms with Gasteiger partial charge in [0, 0.05) is 10.2 Å². The number of carbonyl (C=O) groups is 1. The normalized spacial score (nSPS) is 11.2. The molecule has 0 bridgehead atoms. The molecule has 24 heavy (non-hydrogen) atoms. The van der Waals surface area contributed by atoms with Gasteiger partial charge in [0.2, 0.25) is 15.9 Å². The fourth-order valence-electron chi connectivity index (χ4n) is 2.08. The van der Waals surface area contributed by atoms with Gasteiger partial charge in [0.1, 0.15) is 12.4 Å². The summed E-state index contributed by atoms with van der Waals surface area (Å²) in [6.45, 7) is 1.41. The topological polar surface area (TPSA) is 66.5 Å². The average Bonchev–Trinajstić information content (AvgIpc) is 2.47. The molecule has 1 amide bonds. The predicted octanol–water partition coefficient (Wildman–Crippen LogP) is 3.30. The largest absolute Gasteiger partial charge is 0.324 e. The van der Waals surface area contributed by atoms with Crippen LogP contribution in [0.25, 0.3) is 0 Å². The molecule has 0 spiro atoms. The minimum Gasteiger partial charge on any atom is -0.324 e. The molecule has 0 saturated carbocycles. The number of rotatable bonds is 5. The van der Waals surface area contributed by atoms with Crippen LogP contribution in [-0.4, -0.2) is 27.1 Å². The van der Waals surface area contributed by atoms with Crippen molar-refractivity contribution in [3.63, 3.8) is 0 Å². The Morgan fingerprint density at radius 1 is 1.25 bits per heavy atom. The molecule has 128 valence electrons. The van der Waals surface area contributed by atoms with Gasteiger partial charge in [0.05, 0.1) is 11.9 Å². The lowest BCUT2D eigenvalue weighted by Gasteiger charge is -2.22. The quantitative estimate of drug-likeness (QED) is 0.815. The number of sulfonamides is 1. The maximum Gasteiger partial charge on any atom is 0.245 e. The molecular formula is C16H16BrFN2O3S. The standard InChI is InChI=1S/C16H16BrFN2O3S/c1-11-8-14(6-7-15(11)17)20(24(2,22)23)10-16(21)19-13-5-3-4-12(18)9-13/h3-9H,10H2,1-2H3,(H,19,21). The summed E-state index contributed by atoms with van der Waals surface area (Å²) in [6, 6.07) is 10.4. The van der Waals surface area contributed by atoms with E-state index in [9.17, 15) is 17.6 Å². The Morgan fingerprint density at radius 3 is 2.54 bits per heavy atom. The maximum absolute atomic E-state index is 13.2. The number of nitrogens with zero attached hydrogens (tertiary/aromatic N) is 1. The SMILES string of the molecule is Cc1cc(N(CC(=O)Nc2cccc(F)c2)S(C)(=O)=O)ccc1Br. The summed E-state index contributed by atoms with van der Waals surface area (Å²) in [5, 5.41) is 2.49. The van der Waals surface area contributed by atoms with Crippen molar-refractivity contribution in [2.24, 2.45) is 0 Å². The van der Waals surface area contributed by atoms with Crippen LogP contribution < -0.4 is 9.62 Å². The zero-order valence-corrected chi connectivity index (χ0v) is 15.5. The van der Waals surface area contributed by atoms with Crippen molar-refractivity contribution < 1.29 is 17.6 Å². The molecule has 5 nitrogen and oxygen atoms in total.